The van der Waals surface area contributed by atoms with E-state index in [1.54, 1.807) is 6.92 Å². The number of aryl methyl sites for hydroxylation is 1. The molecule has 1 aliphatic rings. The summed E-state index contributed by atoms with van der Waals surface area (Å²) in [5.74, 6) is -0.802. The van der Waals surface area contributed by atoms with E-state index in [2.05, 4.69) is 15.5 Å². The Balaban J connectivity index is 1.84. The predicted molar refractivity (Wildman–Crippen MR) is 82.3 cm³/mol. The molecule has 3 rings (SSSR count). The van der Waals surface area contributed by atoms with Crippen LogP contribution in [0.1, 0.15) is 43.4 Å². The van der Waals surface area contributed by atoms with Crippen molar-refractivity contribution in [3.05, 3.63) is 41.5 Å². The first kappa shape index (κ1) is 16.4. The molecular formula is C16H18F2N4O2. The van der Waals surface area contributed by atoms with Gasteiger partial charge in [0.15, 0.2) is 5.82 Å². The summed E-state index contributed by atoms with van der Waals surface area (Å²) in [5, 5.41) is 6.23. The highest BCUT2D eigenvalue weighted by molar-refractivity contribution is 5.89. The maximum Gasteiger partial charge on any atom is 0.322 e. The van der Waals surface area contributed by atoms with Crippen molar-refractivity contribution >= 4 is 11.7 Å². The Hall–Kier alpha value is -2.51. The van der Waals surface area contributed by atoms with Crippen molar-refractivity contribution in [3.8, 4) is 0 Å². The lowest BCUT2D eigenvalue weighted by molar-refractivity contribution is 0.184. The molecule has 0 bridgehead atoms. The largest absolute Gasteiger partial charge is 0.340 e. The van der Waals surface area contributed by atoms with Crippen LogP contribution in [0.5, 0.6) is 0 Å². The van der Waals surface area contributed by atoms with Crippen LogP contribution >= 0.6 is 0 Å². The van der Waals surface area contributed by atoms with Crippen LogP contribution in [0.2, 0.25) is 0 Å². The molecular weight excluding hydrogens is 318 g/mol. The molecule has 0 saturated carbocycles. The Morgan fingerprint density at radius 3 is 2.71 bits per heavy atom. The molecule has 1 aromatic carbocycles. The zero-order chi connectivity index (χ0) is 17.1. The molecule has 6 nitrogen and oxygen atoms in total. The number of halogens is 2. The lowest BCUT2D eigenvalue weighted by atomic mass is 10.1. The van der Waals surface area contributed by atoms with E-state index in [4.69, 9.17) is 4.52 Å². The molecule has 1 fully saturated rings. The number of anilines is 1. The molecule has 1 atom stereocenters. The first-order valence-electron chi connectivity index (χ1n) is 7.88. The van der Waals surface area contributed by atoms with E-state index in [9.17, 15) is 13.6 Å². The number of nitrogens with one attached hydrogen (secondary N) is 1. The maximum atomic E-state index is 13.8. The number of carbonyl (C=O) groups excluding carboxylic acids is 1. The molecule has 1 aromatic heterocycles. The van der Waals surface area contributed by atoms with E-state index in [-0.39, 0.29) is 6.04 Å². The molecule has 0 aliphatic carbocycles. The van der Waals surface area contributed by atoms with Crippen molar-refractivity contribution in [1.82, 2.24) is 15.0 Å². The van der Waals surface area contributed by atoms with Crippen LogP contribution in [0.3, 0.4) is 0 Å². The lowest BCUT2D eigenvalue weighted by Crippen LogP contribution is -2.38. The molecule has 2 amide bonds. The summed E-state index contributed by atoms with van der Waals surface area (Å²) in [4.78, 5) is 18.3. The molecule has 2 aromatic rings. The summed E-state index contributed by atoms with van der Waals surface area (Å²) >= 11 is 0. The summed E-state index contributed by atoms with van der Waals surface area (Å²) in [5.41, 5.74) is -0.449. The summed E-state index contributed by atoms with van der Waals surface area (Å²) < 4.78 is 32.5. The quantitative estimate of drug-likeness (QED) is 0.905. The Morgan fingerprint density at radius 2 is 2.04 bits per heavy atom. The smallest absolute Gasteiger partial charge is 0.322 e. The molecule has 128 valence electrons. The van der Waals surface area contributed by atoms with Gasteiger partial charge in [0.2, 0.25) is 5.89 Å². The number of hydrogen-bond acceptors (Lipinski definition) is 4. The van der Waals surface area contributed by atoms with E-state index < -0.39 is 23.4 Å². The maximum absolute atomic E-state index is 13.8. The van der Waals surface area contributed by atoms with Gasteiger partial charge >= 0.3 is 6.03 Å². The monoisotopic (exact) mass is 336 g/mol. The highest BCUT2D eigenvalue weighted by Crippen LogP contribution is 2.29. The summed E-state index contributed by atoms with van der Waals surface area (Å²) in [6, 6.07) is 2.49. The van der Waals surface area contributed by atoms with E-state index in [0.29, 0.717) is 24.7 Å². The topological polar surface area (TPSA) is 71.3 Å². The van der Waals surface area contributed by atoms with Crippen molar-refractivity contribution in [1.29, 1.82) is 0 Å². The van der Waals surface area contributed by atoms with Crippen LogP contribution in [-0.4, -0.2) is 27.6 Å². The number of urea groups is 1. The number of carbonyl (C=O) groups is 1. The van der Waals surface area contributed by atoms with E-state index in [1.165, 1.54) is 11.0 Å². The molecule has 1 saturated heterocycles. The number of likely N-dealkylation sites (tertiary alicyclic amines) is 1. The van der Waals surface area contributed by atoms with Crippen LogP contribution < -0.4 is 5.32 Å². The molecule has 0 spiro atoms. The number of aromatic nitrogens is 2. The van der Waals surface area contributed by atoms with Crippen molar-refractivity contribution in [3.63, 3.8) is 0 Å². The number of benzene rings is 1. The molecule has 1 N–H and O–H groups in total. The van der Waals surface area contributed by atoms with Gasteiger partial charge in [0, 0.05) is 13.5 Å². The van der Waals surface area contributed by atoms with E-state index in [1.807, 2.05) is 0 Å². The van der Waals surface area contributed by atoms with Gasteiger partial charge in [-0.15, -0.1) is 0 Å². The molecule has 0 unspecified atom stereocenters. The number of amides is 2. The number of para-hydroxylation sites is 1. The fraction of sp³-hybridized carbons (Fsp3) is 0.438. The normalized spacial score (nSPS) is 18.3. The van der Waals surface area contributed by atoms with Gasteiger partial charge in [-0.1, -0.05) is 24.1 Å². The Labute approximate surface area is 137 Å². The fourth-order valence-corrected chi connectivity index (χ4v) is 2.87. The van der Waals surface area contributed by atoms with Gasteiger partial charge < -0.3 is 14.7 Å². The third-order valence-corrected chi connectivity index (χ3v) is 4.05. The van der Waals surface area contributed by atoms with Crippen LogP contribution in [0.4, 0.5) is 19.3 Å². The van der Waals surface area contributed by atoms with Gasteiger partial charge in [0.25, 0.3) is 0 Å². The zero-order valence-corrected chi connectivity index (χ0v) is 13.3. The third kappa shape index (κ3) is 3.37. The Kier molecular flexibility index (Phi) is 4.73. The van der Waals surface area contributed by atoms with Gasteiger partial charge in [-0.2, -0.15) is 4.98 Å². The number of nitrogens with zero attached hydrogens (tertiary/aromatic N) is 3. The number of hydrogen-bond donors (Lipinski definition) is 1. The van der Waals surface area contributed by atoms with Crippen molar-refractivity contribution in [2.75, 3.05) is 11.9 Å². The van der Waals surface area contributed by atoms with Crippen molar-refractivity contribution < 1.29 is 18.1 Å². The fourth-order valence-electron chi connectivity index (χ4n) is 2.87. The van der Waals surface area contributed by atoms with Crippen LogP contribution in [0.25, 0.3) is 0 Å². The van der Waals surface area contributed by atoms with Crippen LogP contribution in [0.15, 0.2) is 22.7 Å². The van der Waals surface area contributed by atoms with E-state index in [0.717, 1.165) is 31.4 Å². The second-order valence-electron chi connectivity index (χ2n) is 5.76. The van der Waals surface area contributed by atoms with Crippen molar-refractivity contribution in [2.45, 2.75) is 38.6 Å². The molecule has 2 heterocycles. The van der Waals surface area contributed by atoms with E-state index >= 15 is 0 Å². The standard InChI is InChI=1S/C16H18F2N4O2/c1-10-19-15(21-24-10)13-8-3-2-4-9-22(13)16(23)20-14-11(17)6-5-7-12(14)18/h5-7,13H,2-4,8-9H2,1H3,(H,20,23)/t13-/m1/s1. The van der Waals surface area contributed by atoms with Gasteiger partial charge in [-0.25, -0.2) is 13.6 Å². The molecule has 0 radical (unpaired) electrons. The SMILES string of the molecule is Cc1nc([C@H]2CCCCCN2C(=O)Nc2c(F)cccc2F)no1. The Morgan fingerprint density at radius 1 is 1.29 bits per heavy atom. The third-order valence-electron chi connectivity index (χ3n) is 4.05. The highest BCUT2D eigenvalue weighted by atomic mass is 19.1. The molecule has 24 heavy (non-hydrogen) atoms. The van der Waals surface area contributed by atoms with Gasteiger partial charge in [-0.3, -0.25) is 0 Å². The van der Waals surface area contributed by atoms with Gasteiger partial charge in [0.05, 0.1) is 6.04 Å². The highest BCUT2D eigenvalue weighted by Gasteiger charge is 2.31. The average molecular weight is 336 g/mol. The Bertz CT molecular complexity index is 714. The van der Waals surface area contributed by atoms with Gasteiger partial charge in [-0.05, 0) is 25.0 Å². The minimum absolute atomic E-state index is 0.375. The van der Waals surface area contributed by atoms with Crippen molar-refractivity contribution in [2.24, 2.45) is 0 Å². The summed E-state index contributed by atoms with van der Waals surface area (Å²) in [7, 11) is 0. The minimum Gasteiger partial charge on any atom is -0.340 e. The van der Waals surface area contributed by atoms with Gasteiger partial charge in [0.1, 0.15) is 17.3 Å². The summed E-state index contributed by atoms with van der Waals surface area (Å²) in [6.07, 6.45) is 3.36. The first-order valence-corrected chi connectivity index (χ1v) is 7.88. The minimum atomic E-state index is -0.815. The average Bonchev–Trinajstić information content (AvgIpc) is 2.83. The van der Waals surface area contributed by atoms with Crippen LogP contribution in [0, 0.1) is 18.6 Å². The second kappa shape index (κ2) is 6.94. The molecule has 8 heteroatoms. The number of rotatable bonds is 2. The first-order chi connectivity index (χ1) is 11.6. The zero-order valence-electron chi connectivity index (χ0n) is 13.3. The lowest BCUT2D eigenvalue weighted by Gasteiger charge is -2.28. The second-order valence-corrected chi connectivity index (χ2v) is 5.76. The van der Waals surface area contributed by atoms with Crippen LogP contribution in [-0.2, 0) is 0 Å². The molecule has 1 aliphatic heterocycles. The predicted octanol–water partition coefficient (Wildman–Crippen LogP) is 3.81. The summed E-state index contributed by atoms with van der Waals surface area (Å²) in [6.45, 7) is 2.13.